The van der Waals surface area contributed by atoms with E-state index in [0.717, 1.165) is 15.6 Å². The van der Waals surface area contributed by atoms with Crippen molar-refractivity contribution in [3.05, 3.63) is 100.0 Å². The molecule has 0 saturated heterocycles. The number of halogens is 2. The van der Waals surface area contributed by atoms with Crippen LogP contribution in [0.4, 0.5) is 15.8 Å². The predicted molar refractivity (Wildman–Crippen MR) is 131 cm³/mol. The maximum absolute atomic E-state index is 13.9. The highest BCUT2D eigenvalue weighted by Gasteiger charge is 2.32. The van der Waals surface area contributed by atoms with E-state index in [1.54, 1.807) is 66.0 Å². The lowest BCUT2D eigenvalue weighted by Gasteiger charge is -2.21. The number of nitrogens with one attached hydrogen (secondary N) is 1. The summed E-state index contributed by atoms with van der Waals surface area (Å²) in [5.74, 6) is -1.12. The largest absolute Gasteiger partial charge is 0.321 e. The average molecular weight is 501 g/mol. The third kappa shape index (κ3) is 4.78. The number of rotatable bonds is 6. The molecule has 1 aromatic heterocycles. The minimum absolute atomic E-state index is 0.0167. The van der Waals surface area contributed by atoms with Crippen LogP contribution < -0.4 is 9.62 Å². The number of hydrogen-bond donors (Lipinski definition) is 1. The number of carbonyl (C=O) groups is 1. The molecule has 1 N–H and O–H groups in total. The second kappa shape index (κ2) is 9.35. The van der Waals surface area contributed by atoms with Gasteiger partial charge in [0.25, 0.3) is 15.9 Å². The Bertz CT molecular complexity index is 1420. The van der Waals surface area contributed by atoms with Crippen LogP contribution in [0.15, 0.2) is 89.1 Å². The van der Waals surface area contributed by atoms with Crippen LogP contribution in [0.1, 0.15) is 9.67 Å². The van der Waals surface area contributed by atoms with Crippen molar-refractivity contribution in [1.82, 2.24) is 0 Å². The summed E-state index contributed by atoms with van der Waals surface area (Å²) in [4.78, 5) is 13.0. The third-order valence-corrected chi connectivity index (χ3v) is 8.12. The maximum Gasteiger partial charge on any atom is 0.267 e. The first-order chi connectivity index (χ1) is 15.8. The van der Waals surface area contributed by atoms with Gasteiger partial charge in [-0.3, -0.25) is 9.10 Å². The van der Waals surface area contributed by atoms with Crippen molar-refractivity contribution in [3.63, 3.8) is 0 Å². The fourth-order valence-corrected chi connectivity index (χ4v) is 6.33. The number of nitrogens with zero attached hydrogens (tertiary/aromatic N) is 1. The zero-order valence-electron chi connectivity index (χ0n) is 17.3. The van der Waals surface area contributed by atoms with Crippen LogP contribution >= 0.6 is 22.9 Å². The normalized spacial score (nSPS) is 11.2. The molecular weight excluding hydrogens is 483 g/mol. The number of amides is 1. The Kier molecular flexibility index (Phi) is 6.51. The number of thiophene rings is 1. The van der Waals surface area contributed by atoms with E-state index in [2.05, 4.69) is 5.32 Å². The summed E-state index contributed by atoms with van der Waals surface area (Å²) in [6.45, 7) is 0. The van der Waals surface area contributed by atoms with Crippen LogP contribution in [0.3, 0.4) is 0 Å². The van der Waals surface area contributed by atoms with Crippen molar-refractivity contribution in [2.45, 2.75) is 4.90 Å². The number of carbonyl (C=O) groups excluding carboxylic acids is 1. The third-order valence-electron chi connectivity index (χ3n) is 4.91. The Labute approximate surface area is 200 Å². The van der Waals surface area contributed by atoms with E-state index in [9.17, 15) is 17.6 Å². The lowest BCUT2D eigenvalue weighted by Crippen LogP contribution is -2.28. The first-order valence-electron chi connectivity index (χ1n) is 9.75. The fourth-order valence-electron chi connectivity index (χ4n) is 3.28. The molecule has 0 aliphatic heterocycles. The molecule has 0 radical (unpaired) electrons. The Morgan fingerprint density at radius 1 is 1.00 bits per heavy atom. The minimum atomic E-state index is -4.18. The van der Waals surface area contributed by atoms with Gasteiger partial charge in [0, 0.05) is 28.7 Å². The molecule has 1 heterocycles. The summed E-state index contributed by atoms with van der Waals surface area (Å²) in [5.41, 5.74) is 1.45. The van der Waals surface area contributed by atoms with Gasteiger partial charge in [0.2, 0.25) is 0 Å². The summed E-state index contributed by atoms with van der Waals surface area (Å²) in [5, 5.41) is 4.67. The molecule has 0 fully saturated rings. The van der Waals surface area contributed by atoms with E-state index < -0.39 is 21.7 Å². The number of para-hydroxylation sites is 1. The number of benzene rings is 3. The van der Waals surface area contributed by atoms with Crippen LogP contribution in [0.5, 0.6) is 0 Å². The molecule has 0 spiro atoms. The lowest BCUT2D eigenvalue weighted by atomic mass is 10.1. The standard InChI is InChI=1S/C24H18ClFN2O3S2/c1-28(20-11-3-2-4-12-20)33(30,31)23-21(16-7-5-9-18(26)13-16)15-32-22(23)24(29)27-19-10-6-8-17(25)14-19/h2-15H,1H3,(H,27,29). The molecule has 5 nitrogen and oxygen atoms in total. The average Bonchev–Trinajstić information content (AvgIpc) is 3.26. The van der Waals surface area contributed by atoms with Crippen molar-refractivity contribution >= 4 is 50.2 Å². The van der Waals surface area contributed by atoms with Gasteiger partial charge in [-0.1, -0.05) is 48.0 Å². The molecule has 9 heteroatoms. The van der Waals surface area contributed by atoms with Crippen molar-refractivity contribution in [1.29, 1.82) is 0 Å². The summed E-state index contributed by atoms with van der Waals surface area (Å²) >= 11 is 6.97. The van der Waals surface area contributed by atoms with Crippen LogP contribution in [0.25, 0.3) is 11.1 Å². The van der Waals surface area contributed by atoms with Gasteiger partial charge >= 0.3 is 0 Å². The maximum atomic E-state index is 13.9. The number of hydrogen-bond acceptors (Lipinski definition) is 4. The van der Waals surface area contributed by atoms with E-state index in [-0.39, 0.29) is 15.3 Å². The zero-order chi connectivity index (χ0) is 23.6. The first kappa shape index (κ1) is 23.0. The summed E-state index contributed by atoms with van der Waals surface area (Å²) < 4.78 is 42.5. The van der Waals surface area contributed by atoms with Gasteiger partial charge < -0.3 is 5.32 Å². The molecule has 1 amide bonds. The van der Waals surface area contributed by atoms with Crippen LogP contribution in [-0.4, -0.2) is 21.4 Å². The van der Waals surface area contributed by atoms with Crippen LogP contribution in [-0.2, 0) is 10.0 Å². The van der Waals surface area contributed by atoms with Gasteiger partial charge in [-0.15, -0.1) is 11.3 Å². The minimum Gasteiger partial charge on any atom is -0.321 e. The Morgan fingerprint density at radius 2 is 1.73 bits per heavy atom. The quantitative estimate of drug-likeness (QED) is 0.338. The smallest absolute Gasteiger partial charge is 0.267 e. The Balaban J connectivity index is 1.85. The van der Waals surface area contributed by atoms with Gasteiger partial charge in [0.05, 0.1) is 5.69 Å². The molecule has 4 aromatic rings. The Morgan fingerprint density at radius 3 is 2.42 bits per heavy atom. The Hall–Kier alpha value is -3.20. The lowest BCUT2D eigenvalue weighted by molar-refractivity contribution is 0.102. The topological polar surface area (TPSA) is 66.5 Å². The molecule has 3 aromatic carbocycles. The highest BCUT2D eigenvalue weighted by Crippen LogP contribution is 2.38. The number of sulfonamides is 1. The van der Waals surface area contributed by atoms with E-state index in [1.165, 1.54) is 25.2 Å². The molecule has 0 aliphatic rings. The predicted octanol–water partition coefficient (Wildman–Crippen LogP) is 6.29. The molecule has 168 valence electrons. The second-order valence-corrected chi connectivity index (χ2v) is 10.3. The van der Waals surface area contributed by atoms with E-state index >= 15 is 0 Å². The summed E-state index contributed by atoms with van der Waals surface area (Å²) in [6.07, 6.45) is 0. The highest BCUT2D eigenvalue weighted by molar-refractivity contribution is 7.93. The van der Waals surface area contributed by atoms with Crippen LogP contribution in [0.2, 0.25) is 5.02 Å². The molecule has 33 heavy (non-hydrogen) atoms. The monoisotopic (exact) mass is 500 g/mol. The molecule has 0 aliphatic carbocycles. The van der Waals surface area contributed by atoms with Gasteiger partial charge in [-0.2, -0.15) is 0 Å². The first-order valence-corrected chi connectivity index (χ1v) is 12.5. The molecular formula is C24H18ClFN2O3S2. The molecule has 0 bridgehead atoms. The van der Waals surface area contributed by atoms with Gasteiger partial charge in [-0.25, -0.2) is 12.8 Å². The van der Waals surface area contributed by atoms with Crippen molar-refractivity contribution in [2.75, 3.05) is 16.7 Å². The van der Waals surface area contributed by atoms with E-state index in [1.807, 2.05) is 0 Å². The SMILES string of the molecule is CN(c1ccccc1)S(=O)(=O)c1c(-c2cccc(F)c2)csc1C(=O)Nc1cccc(Cl)c1. The van der Waals surface area contributed by atoms with Crippen molar-refractivity contribution in [3.8, 4) is 11.1 Å². The van der Waals surface area contributed by atoms with Gasteiger partial charge in [0.15, 0.2) is 0 Å². The van der Waals surface area contributed by atoms with Crippen molar-refractivity contribution in [2.24, 2.45) is 0 Å². The van der Waals surface area contributed by atoms with E-state index in [0.29, 0.717) is 22.0 Å². The van der Waals surface area contributed by atoms with Crippen molar-refractivity contribution < 1.29 is 17.6 Å². The highest BCUT2D eigenvalue weighted by atomic mass is 35.5. The molecule has 0 unspecified atom stereocenters. The molecule has 0 atom stereocenters. The van der Waals surface area contributed by atoms with E-state index in [4.69, 9.17) is 11.6 Å². The van der Waals surface area contributed by atoms with Gasteiger partial charge in [0.1, 0.15) is 15.6 Å². The van der Waals surface area contributed by atoms with Gasteiger partial charge in [-0.05, 0) is 48.0 Å². The fraction of sp³-hybridized carbons (Fsp3) is 0.0417. The zero-order valence-corrected chi connectivity index (χ0v) is 19.7. The molecule has 4 rings (SSSR count). The summed E-state index contributed by atoms with van der Waals surface area (Å²) in [7, 11) is -2.77. The summed E-state index contributed by atoms with van der Waals surface area (Å²) in [6, 6.07) is 20.7. The van der Waals surface area contributed by atoms with Crippen LogP contribution in [0, 0.1) is 5.82 Å². The second-order valence-electron chi connectivity index (χ2n) is 7.09. The number of anilines is 2. The molecule has 0 saturated carbocycles.